The predicted molar refractivity (Wildman–Crippen MR) is 86.7 cm³/mol. The summed E-state index contributed by atoms with van der Waals surface area (Å²) in [5.74, 6) is -0.469. The summed E-state index contributed by atoms with van der Waals surface area (Å²) in [6.45, 7) is 1.96. The fourth-order valence-corrected chi connectivity index (χ4v) is 2.74. The van der Waals surface area contributed by atoms with Crippen molar-refractivity contribution in [3.8, 4) is 0 Å². The van der Waals surface area contributed by atoms with Crippen molar-refractivity contribution in [2.45, 2.75) is 24.8 Å². The largest absolute Gasteiger partial charge is 0.339 e. The van der Waals surface area contributed by atoms with Gasteiger partial charge in [-0.25, -0.2) is 4.39 Å². The van der Waals surface area contributed by atoms with Gasteiger partial charge in [0.2, 0.25) is 11.8 Å². The minimum absolute atomic E-state index is 0. The molecule has 126 valence electrons. The molecule has 2 fully saturated rings. The molecule has 1 aliphatic carbocycles. The lowest BCUT2D eigenvalue weighted by Gasteiger charge is -2.36. The van der Waals surface area contributed by atoms with Crippen molar-refractivity contribution in [1.29, 1.82) is 0 Å². The third-order valence-electron chi connectivity index (χ3n) is 4.43. The Hall–Kier alpha value is -1.66. The Morgan fingerprint density at radius 1 is 1.09 bits per heavy atom. The normalized spacial score (nSPS) is 19.0. The molecule has 23 heavy (non-hydrogen) atoms. The van der Waals surface area contributed by atoms with Crippen molar-refractivity contribution in [1.82, 2.24) is 9.80 Å². The second kappa shape index (κ2) is 6.84. The third kappa shape index (κ3) is 3.82. The van der Waals surface area contributed by atoms with Crippen LogP contribution >= 0.6 is 12.4 Å². The van der Waals surface area contributed by atoms with Gasteiger partial charge in [-0.15, -0.1) is 12.4 Å². The van der Waals surface area contributed by atoms with Gasteiger partial charge in [-0.2, -0.15) is 0 Å². The van der Waals surface area contributed by atoms with Crippen LogP contribution in [0.2, 0.25) is 0 Å². The highest BCUT2D eigenvalue weighted by Gasteiger charge is 2.48. The molecular weight excluding hydrogens is 321 g/mol. The molecule has 1 saturated carbocycles. The topological polar surface area (TPSA) is 66.6 Å². The quantitative estimate of drug-likeness (QED) is 0.890. The number of halogens is 2. The maximum Gasteiger partial charge on any atom is 0.242 e. The van der Waals surface area contributed by atoms with Crippen LogP contribution in [0, 0.1) is 5.82 Å². The summed E-state index contributed by atoms with van der Waals surface area (Å²) in [7, 11) is 0. The van der Waals surface area contributed by atoms with E-state index >= 15 is 0 Å². The number of benzene rings is 1. The van der Waals surface area contributed by atoms with E-state index < -0.39 is 5.54 Å². The number of nitrogens with zero attached hydrogens (tertiary/aromatic N) is 2. The van der Waals surface area contributed by atoms with Crippen molar-refractivity contribution in [3.63, 3.8) is 0 Å². The first kappa shape index (κ1) is 17.7. The molecule has 3 rings (SSSR count). The average molecular weight is 342 g/mol. The Bertz CT molecular complexity index is 599. The lowest BCUT2D eigenvalue weighted by Crippen LogP contribution is -2.55. The second-order valence-corrected chi connectivity index (χ2v) is 6.10. The Morgan fingerprint density at radius 3 is 2.22 bits per heavy atom. The van der Waals surface area contributed by atoms with Crippen LogP contribution in [0.25, 0.3) is 0 Å². The zero-order valence-electron chi connectivity index (χ0n) is 12.8. The van der Waals surface area contributed by atoms with Gasteiger partial charge in [0.25, 0.3) is 0 Å². The van der Waals surface area contributed by atoms with Crippen molar-refractivity contribution >= 4 is 24.2 Å². The van der Waals surface area contributed by atoms with Crippen LogP contribution in [-0.4, -0.2) is 53.3 Å². The average Bonchev–Trinajstić information content (AvgIpc) is 3.28. The number of nitrogens with two attached hydrogens (primary N) is 1. The number of carbonyl (C=O) groups excluding carboxylic acids is 2. The molecule has 1 aromatic carbocycles. The third-order valence-corrected chi connectivity index (χ3v) is 4.43. The Labute approximate surface area is 141 Å². The van der Waals surface area contributed by atoms with Crippen LogP contribution in [0.4, 0.5) is 4.39 Å². The van der Waals surface area contributed by atoms with Crippen molar-refractivity contribution in [2.24, 2.45) is 5.73 Å². The zero-order valence-corrected chi connectivity index (χ0v) is 13.7. The van der Waals surface area contributed by atoms with Crippen molar-refractivity contribution in [3.05, 3.63) is 35.6 Å². The monoisotopic (exact) mass is 341 g/mol. The molecule has 0 unspecified atom stereocenters. The molecule has 2 N–H and O–H groups in total. The number of piperazine rings is 1. The van der Waals surface area contributed by atoms with E-state index in [1.54, 1.807) is 28.0 Å². The fraction of sp³-hybridized carbons (Fsp3) is 0.500. The van der Waals surface area contributed by atoms with Crippen molar-refractivity contribution in [2.75, 3.05) is 26.2 Å². The molecule has 5 nitrogen and oxygen atoms in total. The van der Waals surface area contributed by atoms with Gasteiger partial charge < -0.3 is 15.5 Å². The molecule has 0 spiro atoms. The van der Waals surface area contributed by atoms with Crippen molar-refractivity contribution < 1.29 is 14.0 Å². The summed E-state index contributed by atoms with van der Waals surface area (Å²) < 4.78 is 13.6. The van der Waals surface area contributed by atoms with Crippen LogP contribution in [0.15, 0.2) is 24.3 Å². The van der Waals surface area contributed by atoms with E-state index in [1.165, 1.54) is 6.07 Å². The van der Waals surface area contributed by atoms with Crippen LogP contribution < -0.4 is 5.73 Å². The summed E-state index contributed by atoms with van der Waals surface area (Å²) in [4.78, 5) is 27.8. The Kier molecular flexibility index (Phi) is 5.26. The van der Waals surface area contributed by atoms with E-state index in [4.69, 9.17) is 5.73 Å². The number of hydrogen-bond acceptors (Lipinski definition) is 3. The van der Waals surface area contributed by atoms with E-state index in [9.17, 15) is 14.0 Å². The van der Waals surface area contributed by atoms with Gasteiger partial charge in [0.15, 0.2) is 0 Å². The van der Waals surface area contributed by atoms with Gasteiger partial charge in [-0.05, 0) is 24.5 Å². The summed E-state index contributed by atoms with van der Waals surface area (Å²) in [5, 5.41) is 0. The molecule has 2 amide bonds. The van der Waals surface area contributed by atoms with Gasteiger partial charge >= 0.3 is 0 Å². The first-order valence-corrected chi connectivity index (χ1v) is 7.59. The SMILES string of the molecule is Cl.NC1(C(=O)N2CCN(C(=O)Cc3ccccc3F)CC2)CC1. The van der Waals surface area contributed by atoms with Crippen LogP contribution in [0.1, 0.15) is 18.4 Å². The fourth-order valence-electron chi connectivity index (χ4n) is 2.74. The summed E-state index contributed by atoms with van der Waals surface area (Å²) in [6.07, 6.45) is 1.55. The predicted octanol–water partition coefficient (Wildman–Crippen LogP) is 0.952. The summed E-state index contributed by atoms with van der Waals surface area (Å²) in [5.41, 5.74) is 5.67. The summed E-state index contributed by atoms with van der Waals surface area (Å²) in [6, 6.07) is 6.31. The molecule has 1 saturated heterocycles. The van der Waals surface area contributed by atoms with Gasteiger partial charge in [0.1, 0.15) is 5.82 Å². The summed E-state index contributed by atoms with van der Waals surface area (Å²) >= 11 is 0. The lowest BCUT2D eigenvalue weighted by atomic mass is 10.1. The maximum atomic E-state index is 13.6. The van der Waals surface area contributed by atoms with Crippen LogP contribution in [0.5, 0.6) is 0 Å². The molecule has 7 heteroatoms. The lowest BCUT2D eigenvalue weighted by molar-refractivity contribution is -0.140. The molecule has 0 bridgehead atoms. The number of rotatable bonds is 3. The van der Waals surface area contributed by atoms with E-state index in [1.807, 2.05) is 0 Å². The van der Waals surface area contributed by atoms with E-state index in [-0.39, 0.29) is 36.5 Å². The molecule has 1 aliphatic heterocycles. The standard InChI is InChI=1S/C16H20FN3O2.ClH/c17-13-4-2-1-3-12(13)11-14(21)19-7-9-20(10-8-19)15(22)16(18)5-6-16;/h1-4H,5-11,18H2;1H. The maximum absolute atomic E-state index is 13.6. The van der Waals surface area contributed by atoms with E-state index in [2.05, 4.69) is 0 Å². The highest BCUT2D eigenvalue weighted by atomic mass is 35.5. The second-order valence-electron chi connectivity index (χ2n) is 6.10. The molecule has 2 aliphatic rings. The highest BCUT2D eigenvalue weighted by molar-refractivity contribution is 5.89. The minimum Gasteiger partial charge on any atom is -0.339 e. The zero-order chi connectivity index (χ0) is 15.7. The van der Waals surface area contributed by atoms with Gasteiger partial charge in [0.05, 0.1) is 12.0 Å². The molecular formula is C16H21ClFN3O2. The highest BCUT2D eigenvalue weighted by Crippen LogP contribution is 2.34. The molecule has 1 aromatic rings. The van der Waals surface area contributed by atoms with E-state index in [0.29, 0.717) is 31.7 Å². The Morgan fingerprint density at radius 2 is 1.65 bits per heavy atom. The number of amides is 2. The first-order valence-electron chi connectivity index (χ1n) is 7.59. The van der Waals surface area contributed by atoms with Gasteiger partial charge in [-0.1, -0.05) is 18.2 Å². The smallest absolute Gasteiger partial charge is 0.242 e. The van der Waals surface area contributed by atoms with E-state index in [0.717, 1.165) is 12.8 Å². The molecule has 0 radical (unpaired) electrons. The van der Waals surface area contributed by atoms with Gasteiger partial charge in [0, 0.05) is 26.2 Å². The van der Waals surface area contributed by atoms with Crippen LogP contribution in [0.3, 0.4) is 0 Å². The molecule has 0 aromatic heterocycles. The molecule has 1 heterocycles. The minimum atomic E-state index is -0.653. The molecule has 0 atom stereocenters. The number of carbonyl (C=O) groups is 2. The Balaban J connectivity index is 0.00000192. The first-order chi connectivity index (χ1) is 10.5. The van der Waals surface area contributed by atoms with Crippen LogP contribution in [-0.2, 0) is 16.0 Å². The number of hydrogen-bond donors (Lipinski definition) is 1. The van der Waals surface area contributed by atoms with Gasteiger partial charge in [-0.3, -0.25) is 9.59 Å².